The van der Waals surface area contributed by atoms with Crippen LogP contribution in [0.1, 0.15) is 23.7 Å². The Morgan fingerprint density at radius 1 is 1.31 bits per heavy atom. The van der Waals surface area contributed by atoms with Crippen molar-refractivity contribution in [2.75, 3.05) is 13.6 Å². The third-order valence-corrected chi connectivity index (χ3v) is 3.53. The fraction of sp³-hybridized carbons (Fsp3) is 0.385. The highest BCUT2D eigenvalue weighted by Crippen LogP contribution is 2.43. The lowest BCUT2D eigenvalue weighted by Gasteiger charge is -2.31. The SMILES string of the molecule is CN1CCC=C2c3ccccc3C(O)C21.Cl. The number of likely N-dealkylation sites (N-methyl/N-ethyl adjacent to an activating group) is 1. The highest BCUT2D eigenvalue weighted by molar-refractivity contribution is 5.85. The van der Waals surface area contributed by atoms with Crippen LogP contribution in [0.25, 0.3) is 5.57 Å². The lowest BCUT2D eigenvalue weighted by atomic mass is 10.00. The summed E-state index contributed by atoms with van der Waals surface area (Å²) < 4.78 is 0. The minimum atomic E-state index is -0.349. The summed E-state index contributed by atoms with van der Waals surface area (Å²) in [7, 11) is 2.09. The predicted octanol–water partition coefficient (Wildman–Crippen LogP) is 2.24. The molecule has 0 saturated carbocycles. The minimum Gasteiger partial charge on any atom is -0.386 e. The Morgan fingerprint density at radius 2 is 2.06 bits per heavy atom. The van der Waals surface area contributed by atoms with Crippen LogP contribution < -0.4 is 0 Å². The second-order valence-electron chi connectivity index (χ2n) is 4.41. The molecule has 3 rings (SSSR count). The van der Waals surface area contributed by atoms with E-state index in [2.05, 4.69) is 24.1 Å². The molecule has 1 aliphatic heterocycles. The summed E-state index contributed by atoms with van der Waals surface area (Å²) in [4.78, 5) is 2.25. The first kappa shape index (κ1) is 11.6. The summed E-state index contributed by atoms with van der Waals surface area (Å²) in [6.45, 7) is 1.04. The van der Waals surface area contributed by atoms with Gasteiger partial charge in [-0.15, -0.1) is 12.4 Å². The first-order valence-electron chi connectivity index (χ1n) is 5.46. The summed E-state index contributed by atoms with van der Waals surface area (Å²) in [5.74, 6) is 0. The average molecular weight is 238 g/mol. The van der Waals surface area contributed by atoms with Crippen molar-refractivity contribution in [3.8, 4) is 0 Å². The zero-order valence-electron chi connectivity index (χ0n) is 9.26. The smallest absolute Gasteiger partial charge is 0.0992 e. The van der Waals surface area contributed by atoms with Crippen LogP contribution in [0.15, 0.2) is 30.3 Å². The molecule has 1 aliphatic carbocycles. The Bertz CT molecular complexity index is 430. The highest BCUT2D eigenvalue weighted by atomic mass is 35.5. The van der Waals surface area contributed by atoms with Crippen LogP contribution in [-0.2, 0) is 0 Å². The molecule has 3 heteroatoms. The van der Waals surface area contributed by atoms with Gasteiger partial charge in [0, 0.05) is 6.54 Å². The molecule has 86 valence electrons. The Morgan fingerprint density at radius 3 is 2.88 bits per heavy atom. The Kier molecular flexibility index (Phi) is 3.06. The quantitative estimate of drug-likeness (QED) is 0.748. The Labute approximate surface area is 102 Å². The molecule has 1 aromatic rings. The minimum absolute atomic E-state index is 0. The topological polar surface area (TPSA) is 23.5 Å². The number of benzene rings is 1. The van der Waals surface area contributed by atoms with Gasteiger partial charge in [0.15, 0.2) is 0 Å². The first-order chi connectivity index (χ1) is 7.29. The number of rotatable bonds is 0. The second kappa shape index (κ2) is 4.21. The lowest BCUT2D eigenvalue weighted by Crippen LogP contribution is -2.37. The van der Waals surface area contributed by atoms with Gasteiger partial charge in [0.25, 0.3) is 0 Å². The fourth-order valence-corrected chi connectivity index (χ4v) is 2.79. The summed E-state index contributed by atoms with van der Waals surface area (Å²) in [6.07, 6.45) is 3.01. The van der Waals surface area contributed by atoms with E-state index in [9.17, 15) is 5.11 Å². The third kappa shape index (κ3) is 1.49. The monoisotopic (exact) mass is 237 g/mol. The molecule has 2 atom stereocenters. The number of halogens is 1. The maximum absolute atomic E-state index is 10.3. The molecule has 1 aromatic carbocycles. The van der Waals surface area contributed by atoms with Crippen molar-refractivity contribution in [1.29, 1.82) is 0 Å². The van der Waals surface area contributed by atoms with Crippen molar-refractivity contribution in [1.82, 2.24) is 4.90 Å². The molecule has 16 heavy (non-hydrogen) atoms. The largest absolute Gasteiger partial charge is 0.386 e. The van der Waals surface area contributed by atoms with Gasteiger partial charge in [0.2, 0.25) is 0 Å². The van der Waals surface area contributed by atoms with E-state index in [0.717, 1.165) is 18.5 Å². The van der Waals surface area contributed by atoms with Gasteiger partial charge in [-0.3, -0.25) is 4.90 Å². The third-order valence-electron chi connectivity index (χ3n) is 3.53. The summed E-state index contributed by atoms with van der Waals surface area (Å²) in [5, 5.41) is 10.3. The van der Waals surface area contributed by atoms with Gasteiger partial charge in [-0.25, -0.2) is 0 Å². The molecule has 1 heterocycles. The lowest BCUT2D eigenvalue weighted by molar-refractivity contribution is 0.0980. The first-order valence-corrected chi connectivity index (χ1v) is 5.46. The summed E-state index contributed by atoms with van der Waals surface area (Å²) in [5.41, 5.74) is 3.64. The molecular formula is C13H16ClNO. The molecule has 0 aromatic heterocycles. The predicted molar refractivity (Wildman–Crippen MR) is 67.7 cm³/mol. The number of hydrogen-bond acceptors (Lipinski definition) is 2. The highest BCUT2D eigenvalue weighted by Gasteiger charge is 2.38. The van der Waals surface area contributed by atoms with Crippen molar-refractivity contribution in [2.45, 2.75) is 18.6 Å². The fourth-order valence-electron chi connectivity index (χ4n) is 2.79. The number of fused-ring (bicyclic) bond motifs is 3. The van der Waals surface area contributed by atoms with E-state index < -0.39 is 0 Å². The van der Waals surface area contributed by atoms with Crippen LogP contribution in [0.3, 0.4) is 0 Å². The molecule has 0 radical (unpaired) electrons. The molecule has 2 nitrogen and oxygen atoms in total. The van der Waals surface area contributed by atoms with Gasteiger partial charge < -0.3 is 5.11 Å². The van der Waals surface area contributed by atoms with Crippen molar-refractivity contribution < 1.29 is 5.11 Å². The van der Waals surface area contributed by atoms with Gasteiger partial charge in [-0.2, -0.15) is 0 Å². The van der Waals surface area contributed by atoms with E-state index in [-0.39, 0.29) is 24.6 Å². The molecule has 0 bridgehead atoms. The van der Waals surface area contributed by atoms with Gasteiger partial charge in [-0.05, 0) is 30.2 Å². The molecule has 0 spiro atoms. The number of nitrogens with zero attached hydrogens (tertiary/aromatic N) is 1. The Hall–Kier alpha value is -0.830. The number of aliphatic hydroxyl groups excluding tert-OH is 1. The van der Waals surface area contributed by atoms with Gasteiger partial charge >= 0.3 is 0 Å². The van der Waals surface area contributed by atoms with Crippen LogP contribution in [-0.4, -0.2) is 29.6 Å². The molecule has 0 amide bonds. The van der Waals surface area contributed by atoms with E-state index in [1.54, 1.807) is 0 Å². The van der Waals surface area contributed by atoms with Gasteiger partial charge in [-0.1, -0.05) is 30.3 Å². The van der Waals surface area contributed by atoms with E-state index in [1.807, 2.05) is 18.2 Å². The van der Waals surface area contributed by atoms with E-state index >= 15 is 0 Å². The van der Waals surface area contributed by atoms with E-state index in [4.69, 9.17) is 0 Å². The molecular weight excluding hydrogens is 222 g/mol. The van der Waals surface area contributed by atoms with Crippen LogP contribution in [0.2, 0.25) is 0 Å². The Balaban J connectivity index is 0.000000963. The maximum atomic E-state index is 10.3. The van der Waals surface area contributed by atoms with E-state index in [1.165, 1.54) is 11.1 Å². The number of aliphatic hydroxyl groups is 1. The van der Waals surface area contributed by atoms with Crippen molar-refractivity contribution >= 4 is 18.0 Å². The van der Waals surface area contributed by atoms with Crippen LogP contribution in [0.5, 0.6) is 0 Å². The van der Waals surface area contributed by atoms with Gasteiger partial charge in [0.1, 0.15) is 0 Å². The van der Waals surface area contributed by atoms with E-state index in [0.29, 0.717) is 0 Å². The van der Waals surface area contributed by atoms with Crippen LogP contribution in [0, 0.1) is 0 Å². The maximum Gasteiger partial charge on any atom is 0.0992 e. The van der Waals surface area contributed by atoms with Crippen molar-refractivity contribution in [3.63, 3.8) is 0 Å². The summed E-state index contributed by atoms with van der Waals surface area (Å²) in [6, 6.07) is 8.37. The molecule has 1 N–H and O–H groups in total. The summed E-state index contributed by atoms with van der Waals surface area (Å²) >= 11 is 0. The van der Waals surface area contributed by atoms with Crippen LogP contribution in [0.4, 0.5) is 0 Å². The zero-order valence-corrected chi connectivity index (χ0v) is 10.1. The normalized spacial score (nSPS) is 27.8. The molecule has 0 saturated heterocycles. The molecule has 2 aliphatic rings. The zero-order chi connectivity index (χ0) is 10.4. The number of hydrogen-bond donors (Lipinski definition) is 1. The molecule has 2 unspecified atom stereocenters. The second-order valence-corrected chi connectivity index (χ2v) is 4.41. The van der Waals surface area contributed by atoms with Crippen molar-refractivity contribution in [2.24, 2.45) is 0 Å². The van der Waals surface area contributed by atoms with Crippen LogP contribution >= 0.6 is 12.4 Å². The standard InChI is InChI=1S/C13H15NO.ClH/c1-14-8-4-7-10-9-5-2-3-6-11(9)13(15)12(10)14;/h2-3,5-7,12-13,15H,4,8H2,1H3;1H. The van der Waals surface area contributed by atoms with Crippen molar-refractivity contribution in [3.05, 3.63) is 41.5 Å². The average Bonchev–Trinajstić information content (AvgIpc) is 2.55. The molecule has 0 fully saturated rings. The van der Waals surface area contributed by atoms with Gasteiger partial charge in [0.05, 0.1) is 12.1 Å².